The van der Waals surface area contributed by atoms with Crippen LogP contribution in [0.3, 0.4) is 0 Å². The molecule has 2 heterocycles. The van der Waals surface area contributed by atoms with Gasteiger partial charge in [0.1, 0.15) is 0 Å². The summed E-state index contributed by atoms with van der Waals surface area (Å²) in [5.74, 6) is 1.51. The highest BCUT2D eigenvalue weighted by molar-refractivity contribution is 5.85. The van der Waals surface area contributed by atoms with Crippen LogP contribution < -0.4 is 0 Å². The van der Waals surface area contributed by atoms with Crippen LogP contribution in [0.5, 0.6) is 0 Å². The first kappa shape index (κ1) is 7.13. The van der Waals surface area contributed by atoms with Crippen molar-refractivity contribution in [1.29, 1.82) is 0 Å². The summed E-state index contributed by atoms with van der Waals surface area (Å²) in [5, 5.41) is 0. The average molecular weight is 173 g/mol. The third-order valence-electron chi connectivity index (χ3n) is 2.75. The van der Waals surface area contributed by atoms with Crippen LogP contribution in [0.15, 0.2) is 29.3 Å². The van der Waals surface area contributed by atoms with Crippen LogP contribution in [0.4, 0.5) is 5.69 Å². The third kappa shape index (κ3) is 1.05. The average Bonchev–Trinajstić information content (AvgIpc) is 2.61. The lowest BCUT2D eigenvalue weighted by atomic mass is 9.94. The lowest BCUT2D eigenvalue weighted by Crippen LogP contribution is -2.14. The minimum Gasteiger partial charge on any atom is -0.480 e. The molecule has 1 aromatic carbocycles. The maximum atomic E-state index is 5.46. The summed E-state index contributed by atoms with van der Waals surface area (Å²) >= 11 is 0. The maximum Gasteiger partial charge on any atom is 0.192 e. The van der Waals surface area contributed by atoms with Gasteiger partial charge in [0.2, 0.25) is 0 Å². The molecule has 1 fully saturated rings. The second-order valence-corrected chi connectivity index (χ2v) is 3.62. The number of aliphatic imine (C=N–C) groups is 1. The molecule has 1 atom stereocenters. The van der Waals surface area contributed by atoms with Gasteiger partial charge in [0.25, 0.3) is 0 Å². The summed E-state index contributed by atoms with van der Waals surface area (Å²) in [7, 11) is 0. The Balaban J connectivity index is 2.10. The SMILES string of the molecule is c1ccc2c(c1)CC1CCOC1=N2. The van der Waals surface area contributed by atoms with E-state index in [4.69, 9.17) is 4.74 Å². The molecule has 0 N–H and O–H groups in total. The molecule has 0 aromatic heterocycles. The van der Waals surface area contributed by atoms with E-state index in [0.717, 1.165) is 31.0 Å². The fraction of sp³-hybridized carbons (Fsp3) is 0.364. The van der Waals surface area contributed by atoms with E-state index in [0.29, 0.717) is 5.92 Å². The molecule has 1 aromatic rings. The number of benzene rings is 1. The molecule has 2 aliphatic rings. The van der Waals surface area contributed by atoms with Gasteiger partial charge in [-0.05, 0) is 24.5 Å². The number of para-hydroxylation sites is 1. The molecule has 2 heteroatoms. The highest BCUT2D eigenvalue weighted by Gasteiger charge is 2.28. The molecule has 3 rings (SSSR count). The van der Waals surface area contributed by atoms with Gasteiger partial charge in [0, 0.05) is 5.92 Å². The highest BCUT2D eigenvalue weighted by atomic mass is 16.5. The van der Waals surface area contributed by atoms with Crippen LogP contribution in [0.1, 0.15) is 12.0 Å². The Kier molecular flexibility index (Phi) is 1.42. The molecule has 0 aliphatic carbocycles. The molecule has 2 nitrogen and oxygen atoms in total. The van der Waals surface area contributed by atoms with E-state index in [-0.39, 0.29) is 0 Å². The predicted octanol–water partition coefficient (Wildman–Crippen LogP) is 2.31. The molecule has 0 radical (unpaired) electrons. The van der Waals surface area contributed by atoms with Crippen molar-refractivity contribution < 1.29 is 4.74 Å². The van der Waals surface area contributed by atoms with Crippen molar-refractivity contribution >= 4 is 11.6 Å². The summed E-state index contributed by atoms with van der Waals surface area (Å²) in [6.45, 7) is 0.845. The minimum absolute atomic E-state index is 0.551. The number of nitrogens with zero attached hydrogens (tertiary/aromatic N) is 1. The van der Waals surface area contributed by atoms with Gasteiger partial charge in [0.05, 0.1) is 12.3 Å². The Morgan fingerprint density at radius 1 is 1.31 bits per heavy atom. The second-order valence-electron chi connectivity index (χ2n) is 3.62. The van der Waals surface area contributed by atoms with Gasteiger partial charge in [-0.15, -0.1) is 0 Å². The van der Waals surface area contributed by atoms with Crippen molar-refractivity contribution in [2.24, 2.45) is 10.9 Å². The van der Waals surface area contributed by atoms with Crippen LogP contribution in [-0.4, -0.2) is 12.5 Å². The number of hydrogen-bond acceptors (Lipinski definition) is 2. The topological polar surface area (TPSA) is 21.6 Å². The van der Waals surface area contributed by atoms with E-state index in [1.807, 2.05) is 6.07 Å². The van der Waals surface area contributed by atoms with Gasteiger partial charge < -0.3 is 4.74 Å². The van der Waals surface area contributed by atoms with Crippen molar-refractivity contribution in [2.45, 2.75) is 12.8 Å². The lowest BCUT2D eigenvalue weighted by Gasteiger charge is -2.16. The largest absolute Gasteiger partial charge is 0.480 e. The normalized spacial score (nSPS) is 24.3. The number of fused-ring (bicyclic) bond motifs is 2. The monoisotopic (exact) mass is 173 g/mol. The number of rotatable bonds is 0. The Hall–Kier alpha value is -1.31. The Morgan fingerprint density at radius 2 is 2.23 bits per heavy atom. The minimum atomic E-state index is 0.551. The number of hydrogen-bond donors (Lipinski definition) is 0. The molecule has 0 spiro atoms. The Bertz CT molecular complexity index is 370. The zero-order chi connectivity index (χ0) is 8.67. The Morgan fingerprint density at radius 3 is 3.23 bits per heavy atom. The zero-order valence-electron chi connectivity index (χ0n) is 7.36. The Labute approximate surface area is 77.3 Å². The van der Waals surface area contributed by atoms with E-state index >= 15 is 0 Å². The lowest BCUT2D eigenvalue weighted by molar-refractivity contribution is 0.344. The number of ether oxygens (including phenoxy) is 1. The maximum absolute atomic E-state index is 5.46. The quantitative estimate of drug-likeness (QED) is 0.590. The summed E-state index contributed by atoms with van der Waals surface area (Å²) in [4.78, 5) is 4.50. The van der Waals surface area contributed by atoms with Gasteiger partial charge in [-0.25, -0.2) is 4.99 Å². The van der Waals surface area contributed by atoms with E-state index in [1.54, 1.807) is 0 Å². The van der Waals surface area contributed by atoms with Crippen molar-refractivity contribution in [1.82, 2.24) is 0 Å². The second kappa shape index (κ2) is 2.59. The molecule has 0 saturated carbocycles. The van der Waals surface area contributed by atoms with Crippen molar-refractivity contribution in [3.05, 3.63) is 29.8 Å². The standard InChI is InChI=1S/C11H11NO/c1-2-4-10-8(3-1)7-9-5-6-13-11(9)12-10/h1-4,9H,5-7H2. The predicted molar refractivity (Wildman–Crippen MR) is 51.3 cm³/mol. The van der Waals surface area contributed by atoms with E-state index in [2.05, 4.69) is 23.2 Å². The van der Waals surface area contributed by atoms with Crippen molar-refractivity contribution in [3.63, 3.8) is 0 Å². The molecule has 1 saturated heterocycles. The van der Waals surface area contributed by atoms with E-state index < -0.39 is 0 Å². The fourth-order valence-electron chi connectivity index (χ4n) is 2.04. The molecule has 2 aliphatic heterocycles. The first-order valence-corrected chi connectivity index (χ1v) is 4.73. The van der Waals surface area contributed by atoms with Crippen LogP contribution in [-0.2, 0) is 11.2 Å². The molecule has 1 unspecified atom stereocenters. The molecule has 0 bridgehead atoms. The first-order valence-electron chi connectivity index (χ1n) is 4.73. The molecule has 66 valence electrons. The van der Waals surface area contributed by atoms with Crippen molar-refractivity contribution in [2.75, 3.05) is 6.61 Å². The molecular formula is C11H11NO. The summed E-state index contributed by atoms with van der Waals surface area (Å²) in [6.07, 6.45) is 2.24. The first-order chi connectivity index (χ1) is 6.43. The third-order valence-corrected chi connectivity index (χ3v) is 2.75. The highest BCUT2D eigenvalue weighted by Crippen LogP contribution is 2.32. The van der Waals surface area contributed by atoms with Crippen LogP contribution in [0.2, 0.25) is 0 Å². The van der Waals surface area contributed by atoms with E-state index in [1.165, 1.54) is 5.56 Å². The summed E-state index contributed by atoms with van der Waals surface area (Å²) in [6, 6.07) is 8.32. The molecule has 0 amide bonds. The van der Waals surface area contributed by atoms with Crippen LogP contribution >= 0.6 is 0 Å². The smallest absolute Gasteiger partial charge is 0.192 e. The van der Waals surface area contributed by atoms with Crippen LogP contribution in [0, 0.1) is 5.92 Å². The van der Waals surface area contributed by atoms with Gasteiger partial charge in [0.15, 0.2) is 5.90 Å². The van der Waals surface area contributed by atoms with Gasteiger partial charge in [-0.1, -0.05) is 18.2 Å². The van der Waals surface area contributed by atoms with Gasteiger partial charge >= 0.3 is 0 Å². The van der Waals surface area contributed by atoms with Crippen molar-refractivity contribution in [3.8, 4) is 0 Å². The summed E-state index contributed by atoms with van der Waals surface area (Å²) in [5.41, 5.74) is 2.46. The zero-order valence-corrected chi connectivity index (χ0v) is 7.36. The molecule has 13 heavy (non-hydrogen) atoms. The molecular weight excluding hydrogens is 162 g/mol. The van der Waals surface area contributed by atoms with Crippen LogP contribution in [0.25, 0.3) is 0 Å². The summed E-state index contributed by atoms with van der Waals surface area (Å²) < 4.78 is 5.46. The van der Waals surface area contributed by atoms with Gasteiger partial charge in [-0.2, -0.15) is 0 Å². The van der Waals surface area contributed by atoms with E-state index in [9.17, 15) is 0 Å². The fourth-order valence-corrected chi connectivity index (χ4v) is 2.04. The van der Waals surface area contributed by atoms with Gasteiger partial charge in [-0.3, -0.25) is 0 Å².